The first-order chi connectivity index (χ1) is 8.36. The maximum atomic E-state index is 4.17. The molecule has 0 spiro atoms. The standard InChI is InChI=1S/C12H21N5/c1-2-17-9-14-15-12(17)7-13-11-4-6-16-5-3-10(11)8-16/h9-11,13H,2-8H2,1H3. The average molecular weight is 235 g/mol. The highest BCUT2D eigenvalue weighted by molar-refractivity contribution is 4.93. The molecule has 94 valence electrons. The van der Waals surface area contributed by atoms with Crippen molar-refractivity contribution in [3.05, 3.63) is 12.2 Å². The maximum Gasteiger partial charge on any atom is 0.146 e. The summed E-state index contributed by atoms with van der Waals surface area (Å²) >= 11 is 0. The number of fused-ring (bicyclic) bond motifs is 2. The molecule has 1 aromatic rings. The van der Waals surface area contributed by atoms with E-state index in [1.165, 1.54) is 32.5 Å². The molecule has 1 N–H and O–H groups in total. The van der Waals surface area contributed by atoms with Crippen LogP contribution in [0.2, 0.25) is 0 Å². The van der Waals surface area contributed by atoms with Gasteiger partial charge in [-0.25, -0.2) is 0 Å². The minimum Gasteiger partial charge on any atom is -0.317 e. The second-order valence-corrected chi connectivity index (χ2v) is 5.16. The first-order valence-corrected chi connectivity index (χ1v) is 6.69. The van der Waals surface area contributed by atoms with Crippen LogP contribution in [0.1, 0.15) is 25.6 Å². The van der Waals surface area contributed by atoms with Crippen LogP contribution >= 0.6 is 0 Å². The number of rotatable bonds is 4. The van der Waals surface area contributed by atoms with Gasteiger partial charge in [0.2, 0.25) is 0 Å². The Hall–Kier alpha value is -0.940. The zero-order chi connectivity index (χ0) is 11.7. The summed E-state index contributed by atoms with van der Waals surface area (Å²) in [6.07, 6.45) is 4.46. The molecule has 0 amide bonds. The molecule has 3 unspecified atom stereocenters. The Morgan fingerprint density at radius 3 is 3.18 bits per heavy atom. The molecule has 2 bridgehead atoms. The second kappa shape index (κ2) is 4.74. The minimum atomic E-state index is 0.677. The van der Waals surface area contributed by atoms with Gasteiger partial charge in [-0.1, -0.05) is 0 Å². The van der Waals surface area contributed by atoms with Gasteiger partial charge in [-0.2, -0.15) is 0 Å². The lowest BCUT2D eigenvalue weighted by atomic mass is 9.94. The third kappa shape index (κ3) is 2.21. The molecule has 0 saturated carbocycles. The van der Waals surface area contributed by atoms with Crippen LogP contribution < -0.4 is 5.32 Å². The van der Waals surface area contributed by atoms with Gasteiger partial charge < -0.3 is 14.8 Å². The van der Waals surface area contributed by atoms with Gasteiger partial charge in [0.1, 0.15) is 12.2 Å². The number of aromatic nitrogens is 3. The largest absolute Gasteiger partial charge is 0.317 e. The molecule has 2 saturated heterocycles. The maximum absolute atomic E-state index is 4.17. The number of nitrogens with zero attached hydrogens (tertiary/aromatic N) is 4. The number of aryl methyl sites for hydroxylation is 1. The van der Waals surface area contributed by atoms with Crippen LogP contribution in [-0.2, 0) is 13.1 Å². The predicted molar refractivity (Wildman–Crippen MR) is 65.5 cm³/mol. The number of hydrogen-bond acceptors (Lipinski definition) is 4. The number of piperidine rings is 1. The molecule has 0 aliphatic carbocycles. The molecular formula is C12H21N5. The van der Waals surface area contributed by atoms with E-state index in [4.69, 9.17) is 0 Å². The monoisotopic (exact) mass is 235 g/mol. The highest BCUT2D eigenvalue weighted by atomic mass is 15.3. The van der Waals surface area contributed by atoms with Crippen LogP contribution in [0.5, 0.6) is 0 Å². The van der Waals surface area contributed by atoms with Gasteiger partial charge in [0, 0.05) is 19.1 Å². The van der Waals surface area contributed by atoms with Gasteiger partial charge in [-0.3, -0.25) is 0 Å². The van der Waals surface area contributed by atoms with E-state index in [-0.39, 0.29) is 0 Å². The van der Waals surface area contributed by atoms with Crippen LogP contribution in [0.25, 0.3) is 0 Å². The summed E-state index contributed by atoms with van der Waals surface area (Å²) in [5, 5.41) is 11.8. The average Bonchev–Trinajstić information content (AvgIpc) is 2.96. The van der Waals surface area contributed by atoms with Crippen molar-refractivity contribution < 1.29 is 0 Å². The van der Waals surface area contributed by atoms with Crippen molar-refractivity contribution in [1.82, 2.24) is 25.0 Å². The molecule has 3 rings (SSSR count). The van der Waals surface area contributed by atoms with E-state index in [1.54, 1.807) is 0 Å². The third-order valence-corrected chi connectivity index (χ3v) is 4.19. The lowest BCUT2D eigenvalue weighted by Gasteiger charge is -2.31. The summed E-state index contributed by atoms with van der Waals surface area (Å²) in [6.45, 7) is 7.78. The van der Waals surface area contributed by atoms with Crippen molar-refractivity contribution in [2.24, 2.45) is 5.92 Å². The summed E-state index contributed by atoms with van der Waals surface area (Å²) in [5.41, 5.74) is 0. The third-order valence-electron chi connectivity index (χ3n) is 4.19. The molecule has 3 atom stereocenters. The first kappa shape index (κ1) is 11.2. The van der Waals surface area contributed by atoms with Crippen LogP contribution in [0, 0.1) is 5.92 Å². The quantitative estimate of drug-likeness (QED) is 0.824. The van der Waals surface area contributed by atoms with E-state index in [0.717, 1.165) is 24.8 Å². The lowest BCUT2D eigenvalue weighted by Crippen LogP contribution is -2.43. The van der Waals surface area contributed by atoms with Gasteiger partial charge in [0.15, 0.2) is 0 Å². The molecule has 2 aliphatic heterocycles. The molecule has 2 aliphatic rings. The zero-order valence-electron chi connectivity index (χ0n) is 10.5. The van der Waals surface area contributed by atoms with Gasteiger partial charge in [0.25, 0.3) is 0 Å². The van der Waals surface area contributed by atoms with Crippen molar-refractivity contribution in [2.45, 2.75) is 38.9 Å². The van der Waals surface area contributed by atoms with Crippen LogP contribution in [0.3, 0.4) is 0 Å². The van der Waals surface area contributed by atoms with Crippen LogP contribution in [-0.4, -0.2) is 45.3 Å². The van der Waals surface area contributed by atoms with E-state index < -0.39 is 0 Å². The fraction of sp³-hybridized carbons (Fsp3) is 0.833. The topological polar surface area (TPSA) is 46.0 Å². The van der Waals surface area contributed by atoms with Crippen molar-refractivity contribution in [1.29, 1.82) is 0 Å². The summed E-state index contributed by atoms with van der Waals surface area (Å²) in [4.78, 5) is 2.58. The fourth-order valence-electron chi connectivity index (χ4n) is 3.12. The summed E-state index contributed by atoms with van der Waals surface area (Å²) in [6, 6.07) is 0.677. The Balaban J connectivity index is 1.57. The summed E-state index contributed by atoms with van der Waals surface area (Å²) < 4.78 is 2.11. The Bertz CT molecular complexity index is 375. The Kier molecular flexibility index (Phi) is 3.11. The molecule has 0 aromatic carbocycles. The molecule has 3 heterocycles. The normalized spacial score (nSPS) is 31.9. The van der Waals surface area contributed by atoms with Gasteiger partial charge >= 0.3 is 0 Å². The zero-order valence-corrected chi connectivity index (χ0v) is 10.5. The van der Waals surface area contributed by atoms with Crippen molar-refractivity contribution in [3.8, 4) is 0 Å². The molecule has 5 nitrogen and oxygen atoms in total. The van der Waals surface area contributed by atoms with Gasteiger partial charge in [0.05, 0.1) is 6.54 Å². The Morgan fingerprint density at radius 1 is 1.41 bits per heavy atom. The summed E-state index contributed by atoms with van der Waals surface area (Å²) in [7, 11) is 0. The van der Waals surface area contributed by atoms with E-state index in [9.17, 15) is 0 Å². The van der Waals surface area contributed by atoms with Crippen molar-refractivity contribution in [3.63, 3.8) is 0 Å². The van der Waals surface area contributed by atoms with Gasteiger partial charge in [-0.05, 0) is 38.8 Å². The van der Waals surface area contributed by atoms with Crippen LogP contribution in [0.4, 0.5) is 0 Å². The molecule has 5 heteroatoms. The van der Waals surface area contributed by atoms with E-state index in [1.807, 2.05) is 6.33 Å². The predicted octanol–water partition coefficient (Wildman–Crippen LogP) is 0.482. The SMILES string of the molecule is CCn1cnnc1CNC1CCN2CCC1C2. The molecule has 2 fully saturated rings. The Labute approximate surface area is 102 Å². The molecule has 0 radical (unpaired) electrons. The van der Waals surface area contributed by atoms with E-state index in [2.05, 4.69) is 31.9 Å². The van der Waals surface area contributed by atoms with Crippen molar-refractivity contribution >= 4 is 0 Å². The smallest absolute Gasteiger partial charge is 0.146 e. The van der Waals surface area contributed by atoms with E-state index >= 15 is 0 Å². The second-order valence-electron chi connectivity index (χ2n) is 5.16. The fourth-order valence-corrected chi connectivity index (χ4v) is 3.12. The van der Waals surface area contributed by atoms with Crippen LogP contribution in [0.15, 0.2) is 6.33 Å². The highest BCUT2D eigenvalue weighted by Gasteiger charge is 2.33. The minimum absolute atomic E-state index is 0.677. The lowest BCUT2D eigenvalue weighted by molar-refractivity contribution is 0.219. The molecule has 1 aromatic heterocycles. The highest BCUT2D eigenvalue weighted by Crippen LogP contribution is 2.27. The number of nitrogens with one attached hydrogen (secondary N) is 1. The van der Waals surface area contributed by atoms with Gasteiger partial charge in [-0.15, -0.1) is 10.2 Å². The van der Waals surface area contributed by atoms with E-state index in [0.29, 0.717) is 6.04 Å². The molecular weight excluding hydrogens is 214 g/mol. The Morgan fingerprint density at radius 2 is 2.29 bits per heavy atom. The first-order valence-electron chi connectivity index (χ1n) is 6.69. The summed E-state index contributed by atoms with van der Waals surface area (Å²) in [5.74, 6) is 1.91. The number of hydrogen-bond donors (Lipinski definition) is 1. The van der Waals surface area contributed by atoms with Crippen molar-refractivity contribution in [2.75, 3.05) is 19.6 Å². The molecule has 17 heavy (non-hydrogen) atoms.